The fourth-order valence-corrected chi connectivity index (χ4v) is 2.58. The van der Waals surface area contributed by atoms with Gasteiger partial charge in [0.25, 0.3) is 0 Å². The maximum Gasteiger partial charge on any atom is 0.0426 e. The van der Waals surface area contributed by atoms with Gasteiger partial charge in [0.1, 0.15) is 0 Å². The van der Waals surface area contributed by atoms with Gasteiger partial charge in [0.05, 0.1) is 0 Å². The largest absolute Gasteiger partial charge is 0.368 e. The van der Waals surface area contributed by atoms with Gasteiger partial charge in [-0.1, -0.05) is 24.6 Å². The van der Waals surface area contributed by atoms with E-state index in [0.717, 1.165) is 31.1 Å². The van der Waals surface area contributed by atoms with Crippen LogP contribution in [0.4, 0.5) is 5.69 Å². The van der Waals surface area contributed by atoms with Gasteiger partial charge in [-0.15, -0.1) is 0 Å². The first-order valence-corrected chi connectivity index (χ1v) is 6.68. The minimum Gasteiger partial charge on any atom is -0.368 e. The molecule has 2 nitrogen and oxygen atoms in total. The molecule has 1 aliphatic rings. The van der Waals surface area contributed by atoms with Gasteiger partial charge in [-0.05, 0) is 38.0 Å². The highest BCUT2D eigenvalue weighted by molar-refractivity contribution is 6.30. The predicted molar refractivity (Wildman–Crippen MR) is 75.1 cm³/mol. The van der Waals surface area contributed by atoms with Crippen LogP contribution < -0.4 is 10.2 Å². The van der Waals surface area contributed by atoms with Crippen molar-refractivity contribution in [2.45, 2.75) is 32.7 Å². The molecule has 0 spiro atoms. The first kappa shape index (κ1) is 12.7. The lowest BCUT2D eigenvalue weighted by Gasteiger charge is -2.42. The summed E-state index contributed by atoms with van der Waals surface area (Å²) in [6.07, 6.45) is 1.14. The number of piperazine rings is 1. The zero-order valence-corrected chi connectivity index (χ0v) is 11.6. The van der Waals surface area contributed by atoms with E-state index in [-0.39, 0.29) is 5.54 Å². The minimum absolute atomic E-state index is 0.215. The smallest absolute Gasteiger partial charge is 0.0426 e. The number of rotatable bonds is 2. The molecule has 17 heavy (non-hydrogen) atoms. The third-order valence-corrected chi connectivity index (χ3v) is 4.00. The van der Waals surface area contributed by atoms with E-state index in [1.165, 1.54) is 11.3 Å². The summed E-state index contributed by atoms with van der Waals surface area (Å²) in [5.74, 6) is 0. The molecule has 1 N–H and O–H groups in total. The summed E-state index contributed by atoms with van der Waals surface area (Å²) in [5.41, 5.74) is 2.79. The Hall–Kier alpha value is -0.730. The van der Waals surface area contributed by atoms with Crippen LogP contribution in [0.15, 0.2) is 18.2 Å². The van der Waals surface area contributed by atoms with Crippen LogP contribution in [-0.2, 0) is 0 Å². The second-order valence-electron chi connectivity index (χ2n) is 5.19. The lowest BCUT2D eigenvalue weighted by atomic mass is 9.95. The van der Waals surface area contributed by atoms with Crippen molar-refractivity contribution in [2.75, 3.05) is 24.5 Å². The van der Waals surface area contributed by atoms with Crippen LogP contribution in [0.3, 0.4) is 0 Å². The van der Waals surface area contributed by atoms with E-state index in [1.807, 2.05) is 6.07 Å². The molecule has 1 aromatic carbocycles. The summed E-state index contributed by atoms with van der Waals surface area (Å²) in [4.78, 5) is 2.45. The molecule has 1 atom stereocenters. The van der Waals surface area contributed by atoms with Crippen LogP contribution in [0.5, 0.6) is 0 Å². The molecule has 0 aromatic heterocycles. The van der Waals surface area contributed by atoms with Crippen LogP contribution in [0.1, 0.15) is 25.8 Å². The normalized spacial score (nSPS) is 25.1. The Balaban J connectivity index is 2.24. The molecule has 2 rings (SSSR count). The Kier molecular flexibility index (Phi) is 3.64. The SMILES string of the molecule is CCC1(C)CN(c2cc(Cl)ccc2C)CCN1. The number of aryl methyl sites for hydroxylation is 1. The zero-order chi connectivity index (χ0) is 12.5. The number of nitrogens with zero attached hydrogens (tertiary/aromatic N) is 1. The maximum atomic E-state index is 6.10. The van der Waals surface area contributed by atoms with Gasteiger partial charge in [-0.25, -0.2) is 0 Å². The van der Waals surface area contributed by atoms with Crippen LogP contribution in [-0.4, -0.2) is 25.2 Å². The number of anilines is 1. The van der Waals surface area contributed by atoms with E-state index in [2.05, 4.69) is 43.1 Å². The monoisotopic (exact) mass is 252 g/mol. The molecule has 1 aliphatic heterocycles. The van der Waals surface area contributed by atoms with E-state index in [0.29, 0.717) is 0 Å². The molecule has 3 heteroatoms. The van der Waals surface area contributed by atoms with Gasteiger partial charge in [0.2, 0.25) is 0 Å². The standard InChI is InChI=1S/C14H21ClN2/c1-4-14(3)10-17(8-7-16-14)13-9-12(15)6-5-11(13)2/h5-6,9,16H,4,7-8,10H2,1-3H3. The Bertz CT molecular complexity index is 405. The van der Waals surface area contributed by atoms with Crippen molar-refractivity contribution in [2.24, 2.45) is 0 Å². The average Bonchev–Trinajstić information content (AvgIpc) is 2.32. The summed E-state index contributed by atoms with van der Waals surface area (Å²) in [6, 6.07) is 6.14. The van der Waals surface area contributed by atoms with Gasteiger partial charge in [-0.3, -0.25) is 0 Å². The molecule has 0 amide bonds. The van der Waals surface area contributed by atoms with Gasteiger partial charge in [0, 0.05) is 35.9 Å². The highest BCUT2D eigenvalue weighted by Crippen LogP contribution is 2.27. The molecule has 1 heterocycles. The summed E-state index contributed by atoms with van der Waals surface area (Å²) in [7, 11) is 0. The number of nitrogens with one attached hydrogen (secondary N) is 1. The van der Waals surface area contributed by atoms with E-state index >= 15 is 0 Å². The van der Waals surface area contributed by atoms with Crippen LogP contribution in [0, 0.1) is 6.92 Å². The second kappa shape index (κ2) is 4.87. The number of hydrogen-bond donors (Lipinski definition) is 1. The lowest BCUT2D eigenvalue weighted by molar-refractivity contribution is 0.314. The molecule has 1 saturated heterocycles. The Labute approximate surface area is 109 Å². The van der Waals surface area contributed by atoms with Gasteiger partial charge >= 0.3 is 0 Å². The van der Waals surface area contributed by atoms with Crippen molar-refractivity contribution >= 4 is 17.3 Å². The van der Waals surface area contributed by atoms with Crippen LogP contribution >= 0.6 is 11.6 Å². The molecular weight excluding hydrogens is 232 g/mol. The van der Waals surface area contributed by atoms with Crippen molar-refractivity contribution in [1.82, 2.24) is 5.32 Å². The molecular formula is C14H21ClN2. The third-order valence-electron chi connectivity index (χ3n) is 3.77. The second-order valence-corrected chi connectivity index (χ2v) is 5.63. The summed E-state index contributed by atoms with van der Waals surface area (Å²) in [5, 5.41) is 4.43. The molecule has 1 aromatic rings. The van der Waals surface area contributed by atoms with Gasteiger partial charge in [-0.2, -0.15) is 0 Å². The van der Waals surface area contributed by atoms with E-state index < -0.39 is 0 Å². The van der Waals surface area contributed by atoms with Crippen molar-refractivity contribution in [1.29, 1.82) is 0 Å². The van der Waals surface area contributed by atoms with Crippen molar-refractivity contribution in [3.63, 3.8) is 0 Å². The topological polar surface area (TPSA) is 15.3 Å². The minimum atomic E-state index is 0.215. The molecule has 1 fully saturated rings. The molecule has 0 bridgehead atoms. The summed E-state index contributed by atoms with van der Waals surface area (Å²) in [6.45, 7) is 9.81. The molecule has 0 saturated carbocycles. The van der Waals surface area contributed by atoms with Gasteiger partial charge < -0.3 is 10.2 Å². The van der Waals surface area contributed by atoms with Crippen LogP contribution in [0.25, 0.3) is 0 Å². The first-order chi connectivity index (χ1) is 8.04. The number of halogens is 1. The van der Waals surface area contributed by atoms with Crippen LogP contribution in [0.2, 0.25) is 5.02 Å². The van der Waals surface area contributed by atoms with Crippen molar-refractivity contribution in [3.05, 3.63) is 28.8 Å². The summed E-state index contributed by atoms with van der Waals surface area (Å²) < 4.78 is 0. The number of hydrogen-bond acceptors (Lipinski definition) is 2. The van der Waals surface area contributed by atoms with Crippen molar-refractivity contribution < 1.29 is 0 Å². The average molecular weight is 253 g/mol. The zero-order valence-electron chi connectivity index (χ0n) is 10.9. The summed E-state index contributed by atoms with van der Waals surface area (Å²) >= 11 is 6.10. The lowest BCUT2D eigenvalue weighted by Crippen LogP contribution is -2.58. The molecule has 0 aliphatic carbocycles. The highest BCUT2D eigenvalue weighted by atomic mass is 35.5. The fourth-order valence-electron chi connectivity index (χ4n) is 2.41. The Morgan fingerprint density at radius 3 is 2.94 bits per heavy atom. The maximum absolute atomic E-state index is 6.10. The fraction of sp³-hybridized carbons (Fsp3) is 0.571. The van der Waals surface area contributed by atoms with Crippen molar-refractivity contribution in [3.8, 4) is 0 Å². The third kappa shape index (κ3) is 2.75. The van der Waals surface area contributed by atoms with Gasteiger partial charge in [0.15, 0.2) is 0 Å². The van der Waals surface area contributed by atoms with E-state index in [4.69, 9.17) is 11.6 Å². The van der Waals surface area contributed by atoms with E-state index in [1.54, 1.807) is 0 Å². The quantitative estimate of drug-likeness (QED) is 0.870. The molecule has 0 radical (unpaired) electrons. The predicted octanol–water partition coefficient (Wildman–Crippen LogP) is 3.23. The Morgan fingerprint density at radius 1 is 1.47 bits per heavy atom. The Morgan fingerprint density at radius 2 is 2.24 bits per heavy atom. The molecule has 1 unspecified atom stereocenters. The molecule has 94 valence electrons. The first-order valence-electron chi connectivity index (χ1n) is 6.30. The highest BCUT2D eigenvalue weighted by Gasteiger charge is 2.29. The number of benzene rings is 1. The van der Waals surface area contributed by atoms with E-state index in [9.17, 15) is 0 Å².